The van der Waals surface area contributed by atoms with Crippen LogP contribution in [0.1, 0.15) is 36.8 Å². The van der Waals surface area contributed by atoms with Crippen LogP contribution < -0.4 is 4.90 Å². The lowest BCUT2D eigenvalue weighted by Crippen LogP contribution is -2.52. The number of nitrogens with zero attached hydrogens (tertiary/aromatic N) is 4. The molecule has 0 saturated carbocycles. The Bertz CT molecular complexity index is 1560. The van der Waals surface area contributed by atoms with Gasteiger partial charge in [-0.05, 0) is 70.2 Å². The van der Waals surface area contributed by atoms with Crippen molar-refractivity contribution in [1.82, 2.24) is 14.1 Å². The van der Waals surface area contributed by atoms with Crippen LogP contribution in [0.2, 0.25) is 0 Å². The number of aliphatic hydroxyl groups excluding tert-OH is 1. The molecule has 3 aliphatic heterocycles. The van der Waals surface area contributed by atoms with Crippen LogP contribution in [-0.4, -0.2) is 92.0 Å². The minimum atomic E-state index is -3.72. The standard InChI is InChI=1S/C31H36N4O6S/c1-4-17-34-25-12-7-6-11-24(25)31(30(34)39)26(28(37)29(38)35(31)21-10-18-32(2)3)27(36)22-13-15-23(16-14-22)42(40,41)33-19-8-5-9-20-33/h4,6-7,11-16,36H,1,5,8-10,17-21H2,2-3H3/b27-26-. The van der Waals surface area contributed by atoms with E-state index in [4.69, 9.17) is 0 Å². The summed E-state index contributed by atoms with van der Waals surface area (Å²) in [6, 6.07) is 12.5. The van der Waals surface area contributed by atoms with Gasteiger partial charge in [0.05, 0.1) is 16.2 Å². The lowest BCUT2D eigenvalue weighted by Gasteiger charge is -2.34. The summed E-state index contributed by atoms with van der Waals surface area (Å²) in [5, 5.41) is 11.7. The number of Topliss-reactive ketones (excluding diaryl/α,β-unsaturated/α-hetero) is 1. The molecule has 10 nitrogen and oxygen atoms in total. The van der Waals surface area contributed by atoms with Gasteiger partial charge < -0.3 is 19.8 Å². The van der Waals surface area contributed by atoms with Gasteiger partial charge in [0.2, 0.25) is 10.0 Å². The molecule has 2 fully saturated rings. The van der Waals surface area contributed by atoms with E-state index in [0.29, 0.717) is 37.3 Å². The molecule has 0 aliphatic carbocycles. The van der Waals surface area contributed by atoms with Crippen LogP contribution in [0, 0.1) is 0 Å². The molecule has 42 heavy (non-hydrogen) atoms. The maximum absolute atomic E-state index is 14.4. The summed E-state index contributed by atoms with van der Waals surface area (Å²) in [6.45, 7) is 5.52. The molecule has 1 N–H and O–H groups in total. The molecular weight excluding hydrogens is 556 g/mol. The second-order valence-corrected chi connectivity index (χ2v) is 13.0. The minimum absolute atomic E-state index is 0.0687. The summed E-state index contributed by atoms with van der Waals surface area (Å²) in [5.74, 6) is -2.90. The highest BCUT2D eigenvalue weighted by Crippen LogP contribution is 2.53. The number of amides is 2. The molecule has 3 aliphatic rings. The highest BCUT2D eigenvalue weighted by Gasteiger charge is 2.66. The van der Waals surface area contributed by atoms with Crippen LogP contribution >= 0.6 is 0 Å². The molecule has 222 valence electrons. The van der Waals surface area contributed by atoms with E-state index in [1.165, 1.54) is 38.4 Å². The van der Waals surface area contributed by atoms with Crippen LogP contribution in [0.15, 0.2) is 71.7 Å². The summed E-state index contributed by atoms with van der Waals surface area (Å²) < 4.78 is 27.8. The molecule has 0 bridgehead atoms. The minimum Gasteiger partial charge on any atom is -0.507 e. The van der Waals surface area contributed by atoms with Crippen molar-refractivity contribution in [3.05, 3.63) is 77.9 Å². The largest absolute Gasteiger partial charge is 0.507 e. The lowest BCUT2D eigenvalue weighted by molar-refractivity contribution is -0.143. The van der Waals surface area contributed by atoms with E-state index in [1.807, 2.05) is 19.0 Å². The van der Waals surface area contributed by atoms with Crippen molar-refractivity contribution >= 4 is 39.1 Å². The highest BCUT2D eigenvalue weighted by atomic mass is 32.2. The molecule has 0 aromatic heterocycles. The summed E-state index contributed by atoms with van der Waals surface area (Å²) in [5.41, 5.74) is -1.12. The number of benzene rings is 2. The molecule has 3 heterocycles. The first-order valence-corrected chi connectivity index (χ1v) is 15.6. The number of ketones is 1. The fraction of sp³-hybridized carbons (Fsp3) is 0.387. The molecule has 2 aromatic carbocycles. The van der Waals surface area contributed by atoms with Gasteiger partial charge >= 0.3 is 0 Å². The van der Waals surface area contributed by atoms with E-state index >= 15 is 0 Å². The van der Waals surface area contributed by atoms with E-state index < -0.39 is 38.9 Å². The summed E-state index contributed by atoms with van der Waals surface area (Å²) >= 11 is 0. The predicted octanol–water partition coefficient (Wildman–Crippen LogP) is 2.92. The van der Waals surface area contributed by atoms with Gasteiger partial charge in [0.25, 0.3) is 17.6 Å². The Morgan fingerprint density at radius 3 is 2.33 bits per heavy atom. The van der Waals surface area contributed by atoms with E-state index in [0.717, 1.165) is 19.3 Å². The number of piperidine rings is 1. The SMILES string of the molecule is C=CCN1C(=O)C2(/C(=C(\O)c3ccc(S(=O)(=O)N4CCCCC4)cc3)C(=O)C(=O)N2CCCN(C)C)c2ccccc21. The average molecular weight is 593 g/mol. The van der Waals surface area contributed by atoms with E-state index in [1.54, 1.807) is 30.3 Å². The van der Waals surface area contributed by atoms with Crippen LogP contribution in [-0.2, 0) is 29.9 Å². The quantitative estimate of drug-likeness (QED) is 0.206. The van der Waals surface area contributed by atoms with E-state index in [-0.39, 0.29) is 29.1 Å². The van der Waals surface area contributed by atoms with Crippen molar-refractivity contribution < 1.29 is 27.9 Å². The number of aliphatic hydroxyl groups is 1. The Labute approximate surface area is 246 Å². The number of para-hydroxylation sites is 1. The highest BCUT2D eigenvalue weighted by molar-refractivity contribution is 7.89. The van der Waals surface area contributed by atoms with Gasteiger partial charge in [-0.1, -0.05) is 30.7 Å². The number of rotatable bonds is 9. The number of anilines is 1. The van der Waals surface area contributed by atoms with Crippen LogP contribution in [0.3, 0.4) is 0 Å². The number of carbonyl (C=O) groups is 3. The smallest absolute Gasteiger partial charge is 0.296 e. The summed E-state index contributed by atoms with van der Waals surface area (Å²) in [7, 11) is 0.0580. The number of fused-ring (bicyclic) bond motifs is 2. The molecule has 0 radical (unpaired) electrons. The number of likely N-dealkylation sites (tertiary alicyclic amines) is 1. The summed E-state index contributed by atoms with van der Waals surface area (Å²) in [6.07, 6.45) is 4.63. The van der Waals surface area contributed by atoms with Crippen LogP contribution in [0.25, 0.3) is 5.76 Å². The summed E-state index contributed by atoms with van der Waals surface area (Å²) in [4.78, 5) is 46.5. The van der Waals surface area contributed by atoms with Gasteiger partial charge in [-0.15, -0.1) is 6.58 Å². The molecule has 1 unspecified atom stereocenters. The molecule has 5 rings (SSSR count). The zero-order valence-corrected chi connectivity index (χ0v) is 24.8. The Balaban J connectivity index is 1.65. The lowest BCUT2D eigenvalue weighted by atomic mass is 9.82. The first kappa shape index (κ1) is 29.7. The molecule has 11 heteroatoms. The second kappa shape index (κ2) is 11.5. The maximum Gasteiger partial charge on any atom is 0.296 e. The van der Waals surface area contributed by atoms with Crippen molar-refractivity contribution in [3.63, 3.8) is 0 Å². The van der Waals surface area contributed by atoms with Crippen molar-refractivity contribution in [2.75, 3.05) is 51.7 Å². The zero-order valence-electron chi connectivity index (χ0n) is 24.0. The normalized spacial score (nSPS) is 22.4. The fourth-order valence-corrected chi connectivity index (χ4v) is 7.72. The van der Waals surface area contributed by atoms with E-state index in [9.17, 15) is 27.9 Å². The zero-order chi connectivity index (χ0) is 30.2. The number of hydrogen-bond donors (Lipinski definition) is 1. The third-order valence-corrected chi connectivity index (χ3v) is 10.1. The van der Waals surface area contributed by atoms with Gasteiger partial charge in [0.1, 0.15) is 5.76 Å². The Morgan fingerprint density at radius 2 is 1.69 bits per heavy atom. The average Bonchev–Trinajstić information content (AvgIpc) is 3.36. The van der Waals surface area contributed by atoms with Crippen LogP contribution in [0.5, 0.6) is 0 Å². The number of carbonyl (C=O) groups excluding carboxylic acids is 3. The first-order chi connectivity index (χ1) is 20.1. The van der Waals surface area contributed by atoms with Gasteiger partial charge in [-0.2, -0.15) is 4.31 Å². The fourth-order valence-electron chi connectivity index (χ4n) is 6.21. The van der Waals surface area contributed by atoms with Gasteiger partial charge in [0.15, 0.2) is 5.54 Å². The Kier molecular flexibility index (Phi) is 8.10. The number of hydrogen-bond acceptors (Lipinski definition) is 7. The first-order valence-electron chi connectivity index (χ1n) is 14.1. The molecular formula is C31H36N4O6S. The third-order valence-electron chi connectivity index (χ3n) is 8.19. The Morgan fingerprint density at radius 1 is 1.02 bits per heavy atom. The Hall–Kier alpha value is -3.80. The van der Waals surface area contributed by atoms with Gasteiger partial charge in [0, 0.05) is 37.3 Å². The second-order valence-electron chi connectivity index (χ2n) is 11.1. The molecule has 2 saturated heterocycles. The van der Waals surface area contributed by atoms with Crippen molar-refractivity contribution in [1.29, 1.82) is 0 Å². The topological polar surface area (TPSA) is 119 Å². The maximum atomic E-state index is 14.4. The molecule has 2 aromatic rings. The predicted molar refractivity (Wildman–Crippen MR) is 159 cm³/mol. The van der Waals surface area contributed by atoms with Gasteiger partial charge in [-0.25, -0.2) is 8.42 Å². The van der Waals surface area contributed by atoms with E-state index in [2.05, 4.69) is 6.58 Å². The van der Waals surface area contributed by atoms with Crippen LogP contribution in [0.4, 0.5) is 5.69 Å². The van der Waals surface area contributed by atoms with Crippen molar-refractivity contribution in [2.24, 2.45) is 0 Å². The molecule has 2 amide bonds. The third kappa shape index (κ3) is 4.65. The van der Waals surface area contributed by atoms with Gasteiger partial charge in [-0.3, -0.25) is 14.4 Å². The molecule has 1 atom stereocenters. The van der Waals surface area contributed by atoms with Crippen molar-refractivity contribution in [3.8, 4) is 0 Å². The number of sulfonamides is 1. The monoisotopic (exact) mass is 592 g/mol. The molecule has 1 spiro atoms. The van der Waals surface area contributed by atoms with Crippen molar-refractivity contribution in [2.45, 2.75) is 36.1 Å².